The van der Waals surface area contributed by atoms with Gasteiger partial charge in [-0.2, -0.15) is 0 Å². The van der Waals surface area contributed by atoms with Crippen molar-refractivity contribution in [1.82, 2.24) is 4.90 Å². The third-order valence-electron chi connectivity index (χ3n) is 4.73. The number of methoxy groups -OCH3 is 1. The zero-order valence-corrected chi connectivity index (χ0v) is 18.5. The van der Waals surface area contributed by atoms with Crippen molar-refractivity contribution in [2.45, 2.75) is 52.2 Å². The number of carbonyl (C=O) groups is 2. The van der Waals surface area contributed by atoms with E-state index in [1.165, 1.54) is 13.2 Å². The lowest BCUT2D eigenvalue weighted by Crippen LogP contribution is -2.44. The number of ether oxygens (including phenoxy) is 2. The minimum absolute atomic E-state index is 0.0854. The molecule has 1 atom stereocenters. The molecular formula is C20H28Cl2N2O4. The third kappa shape index (κ3) is 5.92. The molecule has 1 amide bonds. The highest BCUT2D eigenvalue weighted by Crippen LogP contribution is 2.34. The van der Waals surface area contributed by atoms with Crippen molar-refractivity contribution >= 4 is 41.0 Å². The number of carbonyl (C=O) groups excluding carboxylic acids is 2. The van der Waals surface area contributed by atoms with Gasteiger partial charge in [-0.05, 0) is 58.6 Å². The molecule has 1 unspecified atom stereocenters. The zero-order valence-electron chi connectivity index (χ0n) is 17.0. The van der Waals surface area contributed by atoms with Crippen LogP contribution in [-0.2, 0) is 9.47 Å². The summed E-state index contributed by atoms with van der Waals surface area (Å²) in [7, 11) is 1.32. The molecule has 0 saturated carbocycles. The van der Waals surface area contributed by atoms with E-state index in [-0.39, 0.29) is 12.1 Å². The van der Waals surface area contributed by atoms with E-state index in [0.717, 1.165) is 12.8 Å². The van der Waals surface area contributed by atoms with E-state index >= 15 is 0 Å². The van der Waals surface area contributed by atoms with Gasteiger partial charge in [0.05, 0.1) is 28.4 Å². The molecule has 1 aliphatic heterocycles. The van der Waals surface area contributed by atoms with Crippen LogP contribution in [0.2, 0.25) is 10.0 Å². The number of hydrogen-bond donors (Lipinski definition) is 1. The average Bonchev–Trinajstić information content (AvgIpc) is 2.63. The first-order valence-electron chi connectivity index (χ1n) is 9.33. The van der Waals surface area contributed by atoms with Crippen molar-refractivity contribution in [1.29, 1.82) is 0 Å². The Hall–Kier alpha value is -1.66. The summed E-state index contributed by atoms with van der Waals surface area (Å²) in [5.41, 5.74) is 0.437. The average molecular weight is 431 g/mol. The normalized spacial score (nSPS) is 16.5. The molecule has 156 valence electrons. The second kappa shape index (κ2) is 9.23. The summed E-state index contributed by atoms with van der Waals surface area (Å²) in [6, 6.07) is 3.22. The summed E-state index contributed by atoms with van der Waals surface area (Å²) in [6.07, 6.45) is 1.41. The first-order chi connectivity index (χ1) is 13.0. The highest BCUT2D eigenvalue weighted by molar-refractivity contribution is 6.44. The molecule has 2 rings (SSSR count). The Labute approximate surface area is 176 Å². The number of nitrogens with zero attached hydrogens (tertiary/aromatic N) is 1. The summed E-state index contributed by atoms with van der Waals surface area (Å²) >= 11 is 12.5. The maximum Gasteiger partial charge on any atom is 0.410 e. The van der Waals surface area contributed by atoms with Gasteiger partial charge in [0, 0.05) is 19.1 Å². The molecule has 0 radical (unpaired) electrons. The van der Waals surface area contributed by atoms with Gasteiger partial charge in [-0.15, -0.1) is 0 Å². The predicted octanol–water partition coefficient (Wildman–Crippen LogP) is 5.23. The standard InChI is InChI=1S/C20H28Cl2N2O4/c1-12(13-6-8-24(9-7-13)19(26)28-20(2,3)4)23-16-11-14(18(25)27-5)10-15(21)17(16)22/h10-13,23H,6-9H2,1-5H3. The molecule has 1 N–H and O–H groups in total. The van der Waals surface area contributed by atoms with Crippen LogP contribution in [0.1, 0.15) is 50.9 Å². The lowest BCUT2D eigenvalue weighted by molar-refractivity contribution is 0.0179. The van der Waals surface area contributed by atoms with Gasteiger partial charge in [0.1, 0.15) is 5.60 Å². The minimum Gasteiger partial charge on any atom is -0.465 e. The van der Waals surface area contributed by atoms with Gasteiger partial charge < -0.3 is 19.7 Å². The van der Waals surface area contributed by atoms with E-state index < -0.39 is 11.6 Å². The van der Waals surface area contributed by atoms with Gasteiger partial charge in [0.15, 0.2) is 0 Å². The summed E-state index contributed by atoms with van der Waals surface area (Å²) in [6.45, 7) is 8.93. The molecular weight excluding hydrogens is 403 g/mol. The van der Waals surface area contributed by atoms with E-state index in [1.807, 2.05) is 20.8 Å². The van der Waals surface area contributed by atoms with Crippen LogP contribution < -0.4 is 5.32 Å². The van der Waals surface area contributed by atoms with Crippen LogP contribution >= 0.6 is 23.2 Å². The van der Waals surface area contributed by atoms with Crippen molar-refractivity contribution in [3.8, 4) is 0 Å². The van der Waals surface area contributed by atoms with Crippen LogP contribution in [-0.4, -0.2) is 48.8 Å². The molecule has 0 aromatic heterocycles. The van der Waals surface area contributed by atoms with E-state index in [9.17, 15) is 9.59 Å². The van der Waals surface area contributed by atoms with Gasteiger partial charge in [-0.1, -0.05) is 23.2 Å². The molecule has 8 heteroatoms. The highest BCUT2D eigenvalue weighted by Gasteiger charge is 2.29. The molecule has 1 heterocycles. The second-order valence-electron chi connectivity index (χ2n) is 8.05. The first-order valence-corrected chi connectivity index (χ1v) is 10.1. The van der Waals surface area contributed by atoms with Crippen molar-refractivity contribution < 1.29 is 19.1 Å². The number of hydrogen-bond acceptors (Lipinski definition) is 5. The Balaban J connectivity index is 1.99. The van der Waals surface area contributed by atoms with E-state index in [0.29, 0.717) is 40.3 Å². The first kappa shape index (κ1) is 22.6. The number of rotatable bonds is 4. The van der Waals surface area contributed by atoms with Crippen LogP contribution in [0, 0.1) is 5.92 Å². The van der Waals surface area contributed by atoms with Crippen LogP contribution in [0.5, 0.6) is 0 Å². The van der Waals surface area contributed by atoms with E-state index in [4.69, 9.17) is 32.7 Å². The summed E-state index contributed by atoms with van der Waals surface area (Å²) in [5.74, 6) is -0.129. The molecule has 1 aromatic rings. The Kier molecular flexibility index (Phi) is 7.46. The number of anilines is 1. The number of nitrogens with one attached hydrogen (secondary N) is 1. The largest absolute Gasteiger partial charge is 0.465 e. The lowest BCUT2D eigenvalue weighted by Gasteiger charge is -2.36. The quantitative estimate of drug-likeness (QED) is 0.662. The number of halogens is 2. The molecule has 0 aliphatic carbocycles. The Morgan fingerprint density at radius 3 is 2.36 bits per heavy atom. The minimum atomic E-state index is -0.497. The number of benzene rings is 1. The van der Waals surface area contributed by atoms with E-state index in [2.05, 4.69) is 12.2 Å². The number of amides is 1. The molecule has 1 aliphatic rings. The van der Waals surface area contributed by atoms with Gasteiger partial charge in [0.2, 0.25) is 0 Å². The SMILES string of the molecule is COC(=O)c1cc(Cl)c(Cl)c(NC(C)C2CCN(C(=O)OC(C)(C)C)CC2)c1. The van der Waals surface area contributed by atoms with Gasteiger partial charge in [0.25, 0.3) is 0 Å². The van der Waals surface area contributed by atoms with E-state index in [1.54, 1.807) is 11.0 Å². The fourth-order valence-electron chi connectivity index (χ4n) is 3.20. The van der Waals surface area contributed by atoms with Gasteiger partial charge in [-0.3, -0.25) is 0 Å². The monoisotopic (exact) mass is 430 g/mol. The topological polar surface area (TPSA) is 67.9 Å². The zero-order chi connectivity index (χ0) is 21.1. The van der Waals surface area contributed by atoms with Crippen molar-refractivity contribution in [3.05, 3.63) is 27.7 Å². The number of piperidine rings is 1. The Morgan fingerprint density at radius 1 is 1.21 bits per heavy atom. The predicted molar refractivity (Wildman–Crippen MR) is 111 cm³/mol. The molecule has 6 nitrogen and oxygen atoms in total. The molecule has 0 bridgehead atoms. The Bertz CT molecular complexity index is 726. The van der Waals surface area contributed by atoms with Crippen LogP contribution in [0.15, 0.2) is 12.1 Å². The van der Waals surface area contributed by atoms with Gasteiger partial charge >= 0.3 is 12.1 Å². The fraction of sp³-hybridized carbons (Fsp3) is 0.600. The number of esters is 1. The fourth-order valence-corrected chi connectivity index (χ4v) is 3.58. The van der Waals surface area contributed by atoms with Crippen LogP contribution in [0.25, 0.3) is 0 Å². The third-order valence-corrected chi connectivity index (χ3v) is 5.53. The summed E-state index contributed by atoms with van der Waals surface area (Å²) < 4.78 is 10.2. The Morgan fingerprint density at radius 2 is 1.82 bits per heavy atom. The maximum atomic E-state index is 12.2. The van der Waals surface area contributed by atoms with Crippen LogP contribution in [0.3, 0.4) is 0 Å². The molecule has 1 saturated heterocycles. The number of likely N-dealkylation sites (tertiary alicyclic amines) is 1. The molecule has 0 spiro atoms. The molecule has 28 heavy (non-hydrogen) atoms. The van der Waals surface area contributed by atoms with Crippen molar-refractivity contribution in [3.63, 3.8) is 0 Å². The van der Waals surface area contributed by atoms with Crippen molar-refractivity contribution in [2.24, 2.45) is 5.92 Å². The second-order valence-corrected chi connectivity index (χ2v) is 8.83. The summed E-state index contributed by atoms with van der Waals surface area (Å²) in [4.78, 5) is 25.8. The molecule has 1 fully saturated rings. The summed E-state index contributed by atoms with van der Waals surface area (Å²) in [5, 5.41) is 4.02. The lowest BCUT2D eigenvalue weighted by atomic mass is 9.90. The highest BCUT2D eigenvalue weighted by atomic mass is 35.5. The van der Waals surface area contributed by atoms with Crippen molar-refractivity contribution in [2.75, 3.05) is 25.5 Å². The maximum absolute atomic E-state index is 12.2. The molecule has 1 aromatic carbocycles. The van der Waals surface area contributed by atoms with Gasteiger partial charge in [-0.25, -0.2) is 9.59 Å². The van der Waals surface area contributed by atoms with Crippen LogP contribution in [0.4, 0.5) is 10.5 Å². The smallest absolute Gasteiger partial charge is 0.410 e.